The van der Waals surface area contributed by atoms with Gasteiger partial charge in [0.05, 0.1) is 12.2 Å². The molecule has 0 radical (unpaired) electrons. The van der Waals surface area contributed by atoms with Gasteiger partial charge in [-0.25, -0.2) is 13.6 Å². The van der Waals surface area contributed by atoms with Gasteiger partial charge in [-0.05, 0) is 43.5 Å². The van der Waals surface area contributed by atoms with Crippen LogP contribution in [0.25, 0.3) is 6.08 Å². The molecule has 0 spiro atoms. The third kappa shape index (κ3) is 4.26. The van der Waals surface area contributed by atoms with Crippen LogP contribution >= 0.6 is 0 Å². The quantitative estimate of drug-likeness (QED) is 0.849. The Kier molecular flexibility index (Phi) is 4.90. The van der Waals surface area contributed by atoms with Gasteiger partial charge in [0.2, 0.25) is 0 Å². The maximum atomic E-state index is 13.8. The molecule has 1 heterocycles. The van der Waals surface area contributed by atoms with E-state index in [1.165, 1.54) is 0 Å². The summed E-state index contributed by atoms with van der Waals surface area (Å²) >= 11 is 0. The van der Waals surface area contributed by atoms with Crippen molar-refractivity contribution in [1.29, 1.82) is 0 Å². The molecule has 1 aromatic carbocycles. The van der Waals surface area contributed by atoms with Gasteiger partial charge in [-0.1, -0.05) is 0 Å². The van der Waals surface area contributed by atoms with Crippen LogP contribution in [0.2, 0.25) is 0 Å². The van der Waals surface area contributed by atoms with Crippen molar-refractivity contribution in [2.75, 3.05) is 6.61 Å². The summed E-state index contributed by atoms with van der Waals surface area (Å²) < 4.78 is 38.3. The van der Waals surface area contributed by atoms with Gasteiger partial charge in [-0.2, -0.15) is 0 Å². The molecule has 1 aliphatic rings. The molecule has 6 heteroatoms. The molecule has 2 unspecified atom stereocenters. The first-order chi connectivity index (χ1) is 9.95. The Morgan fingerprint density at radius 1 is 1.43 bits per heavy atom. The summed E-state index contributed by atoms with van der Waals surface area (Å²) in [5.41, 5.74) is 0.116. The number of hydrogen-bond donors (Lipinski definition) is 1. The van der Waals surface area contributed by atoms with Crippen molar-refractivity contribution in [2.45, 2.75) is 32.0 Å². The molecule has 0 aliphatic carbocycles. The molecule has 0 amide bonds. The van der Waals surface area contributed by atoms with E-state index in [1.807, 2.05) is 6.92 Å². The van der Waals surface area contributed by atoms with Crippen molar-refractivity contribution < 1.29 is 28.2 Å². The molecule has 1 fully saturated rings. The minimum absolute atomic E-state index is 0.0858. The molecule has 21 heavy (non-hydrogen) atoms. The van der Waals surface area contributed by atoms with Crippen LogP contribution in [0.5, 0.6) is 5.75 Å². The average molecular weight is 298 g/mol. The highest BCUT2D eigenvalue weighted by Crippen LogP contribution is 2.26. The lowest BCUT2D eigenvalue weighted by molar-refractivity contribution is -0.131. The van der Waals surface area contributed by atoms with Crippen LogP contribution < -0.4 is 4.74 Å². The summed E-state index contributed by atoms with van der Waals surface area (Å²) in [5, 5.41) is 8.48. The fourth-order valence-electron chi connectivity index (χ4n) is 2.17. The van der Waals surface area contributed by atoms with Gasteiger partial charge in [-0.3, -0.25) is 0 Å². The number of rotatable bonds is 5. The smallest absolute Gasteiger partial charge is 0.328 e. The number of carboxylic acid groups (broad SMARTS) is 1. The standard InChI is InChI=1S/C15H16F2O4/c1-9-2-4-11(21-9)8-20-15-12(16)6-10(7-13(15)17)3-5-14(18)19/h3,5-7,9,11H,2,4,8H2,1H3,(H,18,19)/b5-3+. The fraction of sp³-hybridized carbons (Fsp3) is 0.400. The van der Waals surface area contributed by atoms with Crippen LogP contribution in [-0.2, 0) is 9.53 Å². The summed E-state index contributed by atoms with van der Waals surface area (Å²) in [4.78, 5) is 10.4. The second-order valence-electron chi connectivity index (χ2n) is 4.94. The van der Waals surface area contributed by atoms with Crippen LogP contribution in [0.15, 0.2) is 18.2 Å². The zero-order chi connectivity index (χ0) is 15.4. The summed E-state index contributed by atoms with van der Waals surface area (Å²) in [5.74, 6) is -3.40. The lowest BCUT2D eigenvalue weighted by Crippen LogP contribution is -2.18. The predicted octanol–water partition coefficient (Wildman–Crippen LogP) is 3.01. The predicted molar refractivity (Wildman–Crippen MR) is 72.1 cm³/mol. The van der Waals surface area contributed by atoms with Crippen LogP contribution in [0.3, 0.4) is 0 Å². The summed E-state index contributed by atoms with van der Waals surface area (Å²) in [6, 6.07) is 2.05. The fourth-order valence-corrected chi connectivity index (χ4v) is 2.17. The molecule has 1 aliphatic heterocycles. The van der Waals surface area contributed by atoms with E-state index >= 15 is 0 Å². The molecule has 2 atom stereocenters. The molecule has 0 aromatic heterocycles. The minimum atomic E-state index is -1.19. The molecule has 1 saturated heterocycles. The van der Waals surface area contributed by atoms with Crippen molar-refractivity contribution in [3.05, 3.63) is 35.4 Å². The average Bonchev–Trinajstić information content (AvgIpc) is 2.81. The van der Waals surface area contributed by atoms with Crippen molar-refractivity contribution in [3.8, 4) is 5.75 Å². The van der Waals surface area contributed by atoms with E-state index in [2.05, 4.69) is 0 Å². The molecular weight excluding hydrogens is 282 g/mol. The number of carbonyl (C=O) groups is 1. The molecule has 0 bridgehead atoms. The maximum absolute atomic E-state index is 13.8. The molecule has 4 nitrogen and oxygen atoms in total. The first-order valence-corrected chi connectivity index (χ1v) is 6.64. The number of halogens is 2. The van der Waals surface area contributed by atoms with Crippen molar-refractivity contribution in [3.63, 3.8) is 0 Å². The number of hydrogen-bond acceptors (Lipinski definition) is 3. The third-order valence-corrected chi connectivity index (χ3v) is 3.17. The normalized spacial score (nSPS) is 21.9. The van der Waals surface area contributed by atoms with Gasteiger partial charge in [0.1, 0.15) is 6.61 Å². The molecule has 114 valence electrons. The second-order valence-corrected chi connectivity index (χ2v) is 4.94. The molecule has 0 saturated carbocycles. The van der Waals surface area contributed by atoms with Gasteiger partial charge < -0.3 is 14.6 Å². The molecule has 1 N–H and O–H groups in total. The lowest BCUT2D eigenvalue weighted by Gasteiger charge is -2.14. The topological polar surface area (TPSA) is 55.8 Å². The first kappa shape index (κ1) is 15.4. The van der Waals surface area contributed by atoms with Crippen molar-refractivity contribution in [1.82, 2.24) is 0 Å². The number of ether oxygens (including phenoxy) is 2. The summed E-state index contributed by atoms with van der Waals surface area (Å²) in [6.45, 7) is 2.02. The summed E-state index contributed by atoms with van der Waals surface area (Å²) in [6.07, 6.45) is 3.59. The van der Waals surface area contributed by atoms with E-state index < -0.39 is 23.4 Å². The zero-order valence-electron chi connectivity index (χ0n) is 11.5. The highest BCUT2D eigenvalue weighted by atomic mass is 19.1. The Morgan fingerprint density at radius 3 is 2.62 bits per heavy atom. The highest BCUT2D eigenvalue weighted by molar-refractivity contribution is 5.85. The van der Waals surface area contributed by atoms with Crippen LogP contribution in [0.1, 0.15) is 25.3 Å². The third-order valence-electron chi connectivity index (χ3n) is 3.17. The Balaban J connectivity index is 2.04. The van der Waals surface area contributed by atoms with Crippen molar-refractivity contribution >= 4 is 12.0 Å². The SMILES string of the molecule is CC1CCC(COc2c(F)cc(/C=C/C(=O)O)cc2F)O1. The van der Waals surface area contributed by atoms with Gasteiger partial charge in [-0.15, -0.1) is 0 Å². The van der Waals surface area contributed by atoms with Crippen LogP contribution in [-0.4, -0.2) is 29.9 Å². The highest BCUT2D eigenvalue weighted by Gasteiger charge is 2.23. The summed E-state index contributed by atoms with van der Waals surface area (Å²) in [7, 11) is 0. The first-order valence-electron chi connectivity index (χ1n) is 6.64. The monoisotopic (exact) mass is 298 g/mol. The second kappa shape index (κ2) is 6.67. The number of carboxylic acids is 1. The molecule has 2 rings (SSSR count). The van der Waals surface area contributed by atoms with Gasteiger partial charge in [0.25, 0.3) is 0 Å². The Hall–Kier alpha value is -1.95. The Bertz CT molecular complexity index is 534. The Labute approximate surface area is 121 Å². The van der Waals surface area contributed by atoms with Gasteiger partial charge >= 0.3 is 5.97 Å². The van der Waals surface area contributed by atoms with Crippen molar-refractivity contribution in [2.24, 2.45) is 0 Å². The van der Waals surface area contributed by atoms with E-state index in [0.29, 0.717) is 0 Å². The largest absolute Gasteiger partial charge is 0.485 e. The molecular formula is C15H16F2O4. The van der Waals surface area contributed by atoms with E-state index in [9.17, 15) is 13.6 Å². The molecule has 1 aromatic rings. The van der Waals surface area contributed by atoms with Gasteiger partial charge in [0.15, 0.2) is 17.4 Å². The van der Waals surface area contributed by atoms with E-state index in [4.69, 9.17) is 14.6 Å². The van der Waals surface area contributed by atoms with Crippen LogP contribution in [0, 0.1) is 11.6 Å². The van der Waals surface area contributed by atoms with E-state index in [0.717, 1.165) is 37.1 Å². The van der Waals surface area contributed by atoms with E-state index in [1.54, 1.807) is 0 Å². The minimum Gasteiger partial charge on any atom is -0.485 e. The van der Waals surface area contributed by atoms with Gasteiger partial charge in [0, 0.05) is 6.08 Å². The maximum Gasteiger partial charge on any atom is 0.328 e. The zero-order valence-corrected chi connectivity index (χ0v) is 11.5. The number of aliphatic carboxylic acids is 1. The van der Waals surface area contributed by atoms with E-state index in [-0.39, 0.29) is 24.4 Å². The van der Waals surface area contributed by atoms with Crippen LogP contribution in [0.4, 0.5) is 8.78 Å². The Morgan fingerprint density at radius 2 is 2.10 bits per heavy atom. The number of benzene rings is 1. The lowest BCUT2D eigenvalue weighted by atomic mass is 10.2.